The number of aliphatic carboxylic acids is 1. The van der Waals surface area contributed by atoms with E-state index in [1.807, 2.05) is 0 Å². The summed E-state index contributed by atoms with van der Waals surface area (Å²) in [5, 5.41) is 8.85. The summed E-state index contributed by atoms with van der Waals surface area (Å²) in [5.41, 5.74) is -0.235. The van der Waals surface area contributed by atoms with Gasteiger partial charge >= 0.3 is 5.97 Å². The maximum atomic E-state index is 11.6. The Balaban J connectivity index is 2.35. The highest BCUT2D eigenvalue weighted by Gasteiger charge is 2.36. The van der Waals surface area contributed by atoms with Gasteiger partial charge in [0.15, 0.2) is 0 Å². The van der Waals surface area contributed by atoms with Crippen molar-refractivity contribution in [3.8, 4) is 0 Å². The second kappa shape index (κ2) is 4.33. The summed E-state index contributed by atoms with van der Waals surface area (Å²) in [7, 11) is 0. The number of halogens is 1. The Morgan fingerprint density at radius 1 is 1.53 bits per heavy atom. The largest absolute Gasteiger partial charge is 0.481 e. The molecule has 7 heteroatoms. The van der Waals surface area contributed by atoms with E-state index in [1.54, 1.807) is 0 Å². The van der Waals surface area contributed by atoms with E-state index in [4.69, 9.17) is 5.11 Å². The molecule has 0 bridgehead atoms. The van der Waals surface area contributed by atoms with Gasteiger partial charge in [-0.1, -0.05) is 0 Å². The molecule has 90 valence electrons. The molecule has 0 radical (unpaired) electrons. The Bertz CT molecular complexity index is 539. The number of carbonyl (C=O) groups excluding carboxylic acids is 1. The molecule has 2 rings (SSSR count). The fourth-order valence-corrected chi connectivity index (χ4v) is 2.08. The van der Waals surface area contributed by atoms with E-state index in [0.717, 1.165) is 0 Å². The van der Waals surface area contributed by atoms with Crippen LogP contribution in [0.3, 0.4) is 0 Å². The highest BCUT2D eigenvalue weighted by atomic mass is 79.9. The summed E-state index contributed by atoms with van der Waals surface area (Å²) in [5.74, 6) is -2.12. The Kier molecular flexibility index (Phi) is 3.01. The lowest BCUT2D eigenvalue weighted by Crippen LogP contribution is -2.31. The zero-order valence-electron chi connectivity index (χ0n) is 8.64. The lowest BCUT2D eigenvalue weighted by Gasteiger charge is -2.14. The molecule has 0 spiro atoms. The first-order valence-electron chi connectivity index (χ1n) is 4.90. The molecule has 1 unspecified atom stereocenters. The second-order valence-corrected chi connectivity index (χ2v) is 4.69. The van der Waals surface area contributed by atoms with E-state index in [-0.39, 0.29) is 24.6 Å². The van der Waals surface area contributed by atoms with E-state index in [0.29, 0.717) is 4.47 Å². The van der Waals surface area contributed by atoms with Crippen LogP contribution in [0.25, 0.3) is 0 Å². The van der Waals surface area contributed by atoms with Gasteiger partial charge in [-0.25, -0.2) is 0 Å². The molecule has 0 saturated carbocycles. The molecular weight excluding hydrogens is 292 g/mol. The number of pyridine rings is 1. The predicted molar refractivity (Wildman–Crippen MR) is 62.9 cm³/mol. The van der Waals surface area contributed by atoms with Crippen LogP contribution in [0.4, 0.5) is 5.69 Å². The fourth-order valence-electron chi connectivity index (χ4n) is 1.75. The number of H-pyrrole nitrogens is 1. The molecule has 1 saturated heterocycles. The molecule has 1 aromatic heterocycles. The highest BCUT2D eigenvalue weighted by Crippen LogP contribution is 2.24. The Hall–Kier alpha value is -1.63. The number of aromatic amines is 1. The molecule has 1 fully saturated rings. The van der Waals surface area contributed by atoms with Crippen LogP contribution in [-0.2, 0) is 9.59 Å². The van der Waals surface area contributed by atoms with Crippen molar-refractivity contribution in [2.75, 3.05) is 11.4 Å². The lowest BCUT2D eigenvalue weighted by molar-refractivity contribution is -0.141. The van der Waals surface area contributed by atoms with E-state index in [2.05, 4.69) is 20.9 Å². The van der Waals surface area contributed by atoms with Crippen molar-refractivity contribution in [3.63, 3.8) is 0 Å². The third kappa shape index (κ3) is 2.23. The van der Waals surface area contributed by atoms with E-state index < -0.39 is 17.4 Å². The number of anilines is 1. The minimum Gasteiger partial charge on any atom is -0.481 e. The van der Waals surface area contributed by atoms with Gasteiger partial charge in [-0.05, 0) is 22.0 Å². The average Bonchev–Trinajstić information content (AvgIpc) is 2.64. The molecule has 2 N–H and O–H groups in total. The van der Waals surface area contributed by atoms with E-state index >= 15 is 0 Å². The minimum absolute atomic E-state index is 0.0354. The Morgan fingerprint density at radius 3 is 2.82 bits per heavy atom. The van der Waals surface area contributed by atoms with Crippen molar-refractivity contribution in [3.05, 3.63) is 27.1 Å². The van der Waals surface area contributed by atoms with Crippen molar-refractivity contribution in [1.82, 2.24) is 4.98 Å². The molecule has 1 atom stereocenters. The summed E-state index contributed by atoms with van der Waals surface area (Å²) in [6, 6.07) is 1.50. The molecule has 2 heterocycles. The number of amides is 1. The lowest BCUT2D eigenvalue weighted by atomic mass is 10.1. The highest BCUT2D eigenvalue weighted by molar-refractivity contribution is 9.10. The van der Waals surface area contributed by atoms with Crippen LogP contribution >= 0.6 is 15.9 Å². The monoisotopic (exact) mass is 300 g/mol. The summed E-state index contributed by atoms with van der Waals surface area (Å²) < 4.78 is 0.624. The number of hydrogen-bond acceptors (Lipinski definition) is 3. The van der Waals surface area contributed by atoms with Crippen LogP contribution < -0.4 is 10.5 Å². The van der Waals surface area contributed by atoms with Gasteiger partial charge in [-0.3, -0.25) is 14.4 Å². The number of aromatic nitrogens is 1. The summed E-state index contributed by atoms with van der Waals surface area (Å²) in [4.78, 5) is 37.7. The number of nitrogens with zero attached hydrogens (tertiary/aromatic N) is 1. The van der Waals surface area contributed by atoms with Crippen LogP contribution in [0.15, 0.2) is 21.5 Å². The van der Waals surface area contributed by atoms with Gasteiger partial charge in [0, 0.05) is 23.6 Å². The normalized spacial score (nSPS) is 19.7. The van der Waals surface area contributed by atoms with Gasteiger partial charge in [0.2, 0.25) is 5.91 Å². The van der Waals surface area contributed by atoms with Crippen LogP contribution in [0.5, 0.6) is 0 Å². The number of nitrogens with one attached hydrogen (secondary N) is 1. The number of hydrogen-bond donors (Lipinski definition) is 2. The molecule has 1 aromatic rings. The third-order valence-corrected chi connectivity index (χ3v) is 3.07. The predicted octanol–water partition coefficient (Wildman–Crippen LogP) is 0.575. The maximum absolute atomic E-state index is 11.6. The summed E-state index contributed by atoms with van der Waals surface area (Å²) in [6.07, 6.45) is 1.39. The zero-order chi connectivity index (χ0) is 12.6. The number of carboxylic acids is 1. The summed E-state index contributed by atoms with van der Waals surface area (Å²) >= 11 is 3.18. The Morgan fingerprint density at radius 2 is 2.24 bits per heavy atom. The minimum atomic E-state index is -1.02. The first-order chi connectivity index (χ1) is 7.99. The van der Waals surface area contributed by atoms with Crippen LogP contribution in [0.1, 0.15) is 6.42 Å². The first kappa shape index (κ1) is 11.8. The first-order valence-corrected chi connectivity index (χ1v) is 5.69. The van der Waals surface area contributed by atoms with Gasteiger partial charge in [0.1, 0.15) is 5.69 Å². The van der Waals surface area contributed by atoms with Crippen molar-refractivity contribution in [2.24, 2.45) is 5.92 Å². The van der Waals surface area contributed by atoms with Gasteiger partial charge < -0.3 is 15.0 Å². The van der Waals surface area contributed by atoms with Gasteiger partial charge in [-0.2, -0.15) is 0 Å². The standard InChI is InChI=1S/C10H9BrN2O4/c11-6-2-7(9(15)12-3-6)13-4-5(10(16)17)1-8(13)14/h2-3,5H,1,4H2,(H,12,15)(H,16,17). The smallest absolute Gasteiger partial charge is 0.308 e. The number of carboxylic acid groups (broad SMARTS) is 1. The second-order valence-electron chi connectivity index (χ2n) is 3.78. The number of carbonyl (C=O) groups is 2. The van der Waals surface area contributed by atoms with Gasteiger partial charge in [-0.15, -0.1) is 0 Å². The molecule has 1 aliphatic heterocycles. The molecule has 0 aromatic carbocycles. The molecule has 1 amide bonds. The Labute approximate surface area is 104 Å². The van der Waals surface area contributed by atoms with Crippen LogP contribution in [0.2, 0.25) is 0 Å². The quantitative estimate of drug-likeness (QED) is 0.836. The van der Waals surface area contributed by atoms with Gasteiger partial charge in [0.25, 0.3) is 5.56 Å². The zero-order valence-corrected chi connectivity index (χ0v) is 10.2. The maximum Gasteiger partial charge on any atom is 0.308 e. The van der Waals surface area contributed by atoms with Crippen molar-refractivity contribution in [2.45, 2.75) is 6.42 Å². The topological polar surface area (TPSA) is 90.5 Å². The van der Waals surface area contributed by atoms with E-state index in [9.17, 15) is 14.4 Å². The van der Waals surface area contributed by atoms with E-state index in [1.165, 1.54) is 17.2 Å². The average molecular weight is 301 g/mol. The number of rotatable bonds is 2. The molecule has 17 heavy (non-hydrogen) atoms. The SMILES string of the molecule is O=C(O)C1CC(=O)N(c2cc(Br)c[nH]c2=O)C1. The third-order valence-electron chi connectivity index (χ3n) is 2.61. The van der Waals surface area contributed by atoms with Crippen LogP contribution in [-0.4, -0.2) is 28.5 Å². The molecule has 1 aliphatic rings. The van der Waals surface area contributed by atoms with Crippen molar-refractivity contribution >= 4 is 33.5 Å². The summed E-state index contributed by atoms with van der Waals surface area (Å²) in [6.45, 7) is 0.0354. The van der Waals surface area contributed by atoms with Crippen molar-refractivity contribution in [1.29, 1.82) is 0 Å². The van der Waals surface area contributed by atoms with Crippen molar-refractivity contribution < 1.29 is 14.7 Å². The van der Waals surface area contributed by atoms with Crippen LogP contribution in [0, 0.1) is 5.92 Å². The molecular formula is C10H9BrN2O4. The molecule has 6 nitrogen and oxygen atoms in total. The molecule has 0 aliphatic carbocycles. The fraction of sp³-hybridized carbons (Fsp3) is 0.300. The van der Waals surface area contributed by atoms with Gasteiger partial charge in [0.05, 0.1) is 5.92 Å².